The molecule has 0 aliphatic carbocycles. The van der Waals surface area contributed by atoms with Crippen LogP contribution in [0.4, 0.5) is 0 Å². The summed E-state index contributed by atoms with van der Waals surface area (Å²) in [7, 11) is 3.71. The van der Waals surface area contributed by atoms with Gasteiger partial charge in [-0.3, -0.25) is 4.68 Å². The molecule has 5 nitrogen and oxygen atoms in total. The van der Waals surface area contributed by atoms with Gasteiger partial charge in [-0.2, -0.15) is 5.10 Å². The third-order valence-corrected chi connectivity index (χ3v) is 4.43. The van der Waals surface area contributed by atoms with Crippen molar-refractivity contribution in [3.8, 4) is 0 Å². The van der Waals surface area contributed by atoms with Gasteiger partial charge in [0.25, 0.3) is 0 Å². The minimum absolute atomic E-state index is 0.285. The van der Waals surface area contributed by atoms with Crippen molar-refractivity contribution in [2.75, 3.05) is 27.4 Å². The monoisotopic (exact) mass is 345 g/mol. The molecule has 1 aromatic heterocycles. The predicted molar refractivity (Wildman–Crippen MR) is 81.8 cm³/mol. The smallest absolute Gasteiger partial charge is 0.0696 e. The highest BCUT2D eigenvalue weighted by molar-refractivity contribution is 9.10. The largest absolute Gasteiger partial charge is 0.383 e. The Balaban J connectivity index is 1.99. The molecule has 1 saturated heterocycles. The Morgan fingerprint density at radius 2 is 2.50 bits per heavy atom. The number of ether oxygens (including phenoxy) is 2. The van der Waals surface area contributed by atoms with E-state index in [1.54, 1.807) is 7.11 Å². The number of rotatable bonds is 8. The van der Waals surface area contributed by atoms with E-state index < -0.39 is 0 Å². The highest BCUT2D eigenvalue weighted by atomic mass is 79.9. The molecule has 1 aliphatic heterocycles. The lowest BCUT2D eigenvalue weighted by Crippen LogP contribution is -2.23. The van der Waals surface area contributed by atoms with Crippen molar-refractivity contribution in [3.63, 3.8) is 0 Å². The molecule has 0 amide bonds. The van der Waals surface area contributed by atoms with Gasteiger partial charge in [-0.15, -0.1) is 0 Å². The fourth-order valence-electron chi connectivity index (χ4n) is 2.72. The number of nitrogens with one attached hydrogen (secondary N) is 1. The molecule has 114 valence electrons. The first-order valence-electron chi connectivity index (χ1n) is 7.25. The Morgan fingerprint density at radius 3 is 3.15 bits per heavy atom. The van der Waals surface area contributed by atoms with E-state index in [2.05, 4.69) is 26.3 Å². The molecule has 1 aliphatic rings. The number of halogens is 1. The van der Waals surface area contributed by atoms with Crippen molar-refractivity contribution in [2.45, 2.75) is 44.4 Å². The minimum atomic E-state index is 0.285. The van der Waals surface area contributed by atoms with Crippen LogP contribution in [0.1, 0.15) is 37.4 Å². The Kier molecular flexibility index (Phi) is 6.48. The van der Waals surface area contributed by atoms with Gasteiger partial charge in [-0.05, 0) is 48.7 Å². The second-order valence-electron chi connectivity index (χ2n) is 5.15. The second-order valence-corrected chi connectivity index (χ2v) is 6.00. The van der Waals surface area contributed by atoms with Gasteiger partial charge < -0.3 is 14.8 Å². The summed E-state index contributed by atoms with van der Waals surface area (Å²) in [4.78, 5) is 0. The van der Waals surface area contributed by atoms with Crippen LogP contribution >= 0.6 is 15.9 Å². The summed E-state index contributed by atoms with van der Waals surface area (Å²) < 4.78 is 13.9. The molecule has 20 heavy (non-hydrogen) atoms. The molecule has 0 aromatic carbocycles. The highest BCUT2D eigenvalue weighted by Gasteiger charge is 2.22. The van der Waals surface area contributed by atoms with Crippen LogP contribution in [0.15, 0.2) is 10.7 Å². The van der Waals surface area contributed by atoms with Gasteiger partial charge in [0.15, 0.2) is 0 Å². The maximum absolute atomic E-state index is 5.71. The quantitative estimate of drug-likeness (QED) is 0.786. The lowest BCUT2D eigenvalue weighted by Gasteiger charge is -2.20. The molecule has 6 heteroatoms. The summed E-state index contributed by atoms with van der Waals surface area (Å²) in [6, 6.07) is 0.285. The summed E-state index contributed by atoms with van der Waals surface area (Å²) in [6.45, 7) is 2.36. The zero-order chi connectivity index (χ0) is 14.4. The van der Waals surface area contributed by atoms with Crippen LogP contribution in [-0.4, -0.2) is 43.3 Å². The van der Waals surface area contributed by atoms with E-state index in [0.29, 0.717) is 12.7 Å². The molecule has 2 rings (SSSR count). The Bertz CT molecular complexity index is 405. The van der Waals surface area contributed by atoms with E-state index in [0.717, 1.165) is 30.5 Å². The van der Waals surface area contributed by atoms with Crippen LogP contribution in [0.3, 0.4) is 0 Å². The van der Waals surface area contributed by atoms with E-state index in [4.69, 9.17) is 9.47 Å². The van der Waals surface area contributed by atoms with Crippen molar-refractivity contribution in [1.82, 2.24) is 15.1 Å². The van der Waals surface area contributed by atoms with E-state index >= 15 is 0 Å². The molecular weight excluding hydrogens is 322 g/mol. The van der Waals surface area contributed by atoms with Gasteiger partial charge in [-0.25, -0.2) is 0 Å². The molecular formula is C14H24BrN3O2. The normalized spacial score (nSPS) is 20.4. The summed E-state index contributed by atoms with van der Waals surface area (Å²) in [5, 5.41) is 7.82. The molecule has 2 atom stereocenters. The highest BCUT2D eigenvalue weighted by Crippen LogP contribution is 2.28. The topological polar surface area (TPSA) is 48.3 Å². The molecule has 0 bridgehead atoms. The third kappa shape index (κ3) is 4.04. The van der Waals surface area contributed by atoms with Crippen molar-refractivity contribution in [1.29, 1.82) is 0 Å². The van der Waals surface area contributed by atoms with E-state index in [1.165, 1.54) is 18.5 Å². The zero-order valence-corrected chi connectivity index (χ0v) is 13.9. The van der Waals surface area contributed by atoms with Crippen LogP contribution in [0, 0.1) is 0 Å². The number of hydrogen-bond acceptors (Lipinski definition) is 4. The summed E-state index contributed by atoms with van der Waals surface area (Å²) in [5.74, 6) is 0. The van der Waals surface area contributed by atoms with Crippen molar-refractivity contribution in [2.24, 2.45) is 0 Å². The molecule has 2 heterocycles. The van der Waals surface area contributed by atoms with E-state index in [9.17, 15) is 0 Å². The summed E-state index contributed by atoms with van der Waals surface area (Å²) in [5.41, 5.74) is 1.20. The SMILES string of the molecule is CNC(CCC1CCCO1)c1c(Br)cnn1CCOC. The minimum Gasteiger partial charge on any atom is -0.383 e. The fourth-order valence-corrected chi connectivity index (χ4v) is 3.29. The van der Waals surface area contributed by atoms with Crippen molar-refractivity contribution < 1.29 is 9.47 Å². The zero-order valence-electron chi connectivity index (χ0n) is 12.3. The number of nitrogens with zero attached hydrogens (tertiary/aromatic N) is 2. The van der Waals surface area contributed by atoms with Gasteiger partial charge in [0.05, 0.1) is 41.7 Å². The maximum atomic E-state index is 5.71. The second kappa shape index (κ2) is 8.12. The number of aromatic nitrogens is 2. The van der Waals surface area contributed by atoms with Gasteiger partial charge in [0, 0.05) is 13.7 Å². The van der Waals surface area contributed by atoms with Gasteiger partial charge >= 0.3 is 0 Å². The summed E-state index contributed by atoms with van der Waals surface area (Å²) >= 11 is 3.61. The first-order chi connectivity index (χ1) is 9.76. The van der Waals surface area contributed by atoms with Crippen LogP contribution in [0.5, 0.6) is 0 Å². The number of methoxy groups -OCH3 is 1. The van der Waals surface area contributed by atoms with Crippen LogP contribution < -0.4 is 5.32 Å². The summed E-state index contributed by atoms with van der Waals surface area (Å²) in [6.07, 6.45) is 6.83. The lowest BCUT2D eigenvalue weighted by atomic mass is 10.0. The molecule has 1 N–H and O–H groups in total. The first kappa shape index (κ1) is 15.9. The Morgan fingerprint density at radius 1 is 1.65 bits per heavy atom. The van der Waals surface area contributed by atoms with Gasteiger partial charge in [0.1, 0.15) is 0 Å². The standard InChI is InChI=1S/C14H24BrN3O2/c1-16-13(6-5-11-4-3-8-20-11)14-12(15)10-17-18(14)7-9-19-2/h10-11,13,16H,3-9H2,1-2H3. The molecule has 1 aromatic rings. The third-order valence-electron chi connectivity index (χ3n) is 3.82. The van der Waals surface area contributed by atoms with Crippen LogP contribution in [-0.2, 0) is 16.0 Å². The van der Waals surface area contributed by atoms with E-state index in [1.807, 2.05) is 17.9 Å². The van der Waals surface area contributed by atoms with Gasteiger partial charge in [-0.1, -0.05) is 0 Å². The van der Waals surface area contributed by atoms with Gasteiger partial charge in [0.2, 0.25) is 0 Å². The molecule has 0 saturated carbocycles. The molecule has 1 fully saturated rings. The van der Waals surface area contributed by atoms with E-state index in [-0.39, 0.29) is 6.04 Å². The fraction of sp³-hybridized carbons (Fsp3) is 0.786. The van der Waals surface area contributed by atoms with Crippen molar-refractivity contribution in [3.05, 3.63) is 16.4 Å². The first-order valence-corrected chi connectivity index (χ1v) is 8.04. The average Bonchev–Trinajstić information content (AvgIpc) is 3.08. The average molecular weight is 346 g/mol. The van der Waals surface area contributed by atoms with Crippen molar-refractivity contribution >= 4 is 15.9 Å². The molecule has 0 radical (unpaired) electrons. The van der Waals surface area contributed by atoms with Crippen LogP contribution in [0.2, 0.25) is 0 Å². The molecule has 2 unspecified atom stereocenters. The molecule has 0 spiro atoms. The van der Waals surface area contributed by atoms with Crippen LogP contribution in [0.25, 0.3) is 0 Å². The Hall–Kier alpha value is -0.430. The lowest BCUT2D eigenvalue weighted by molar-refractivity contribution is 0.0994. The number of hydrogen-bond donors (Lipinski definition) is 1. The maximum Gasteiger partial charge on any atom is 0.0696 e. The predicted octanol–water partition coefficient (Wildman–Crippen LogP) is 2.51. The Labute approximate surface area is 129 Å².